The molecule has 0 amide bonds. The summed E-state index contributed by atoms with van der Waals surface area (Å²) >= 11 is 0. The van der Waals surface area contributed by atoms with Crippen LogP contribution in [0.3, 0.4) is 0 Å². The summed E-state index contributed by atoms with van der Waals surface area (Å²) in [6.45, 7) is 4.67. The van der Waals surface area contributed by atoms with Crippen LogP contribution >= 0.6 is 0 Å². The number of rotatable bonds is 1. The molecule has 5 unspecified atom stereocenters. The molecule has 3 saturated carbocycles. The van der Waals surface area contributed by atoms with Crippen LogP contribution in [-0.4, -0.2) is 0 Å². The highest BCUT2D eigenvalue weighted by Gasteiger charge is 2.62. The van der Waals surface area contributed by atoms with Gasteiger partial charge in [0.15, 0.2) is 0 Å². The molecule has 3 fully saturated rings. The Bertz CT molecular complexity index is 253. The average molecular weight is 176 g/mol. The van der Waals surface area contributed by atoms with Gasteiger partial charge in [0.25, 0.3) is 0 Å². The summed E-state index contributed by atoms with van der Waals surface area (Å²) in [5.74, 6) is 4.33. The summed E-state index contributed by atoms with van der Waals surface area (Å²) in [4.78, 5) is 0. The van der Waals surface area contributed by atoms with E-state index in [1.807, 2.05) is 0 Å². The van der Waals surface area contributed by atoms with Crippen LogP contribution in [0.2, 0.25) is 0 Å². The second-order valence-corrected chi connectivity index (χ2v) is 5.64. The van der Waals surface area contributed by atoms with Crippen molar-refractivity contribution in [1.82, 2.24) is 0 Å². The van der Waals surface area contributed by atoms with Gasteiger partial charge in [-0.3, -0.25) is 0 Å². The lowest BCUT2D eigenvalue weighted by Crippen LogP contribution is -2.36. The van der Waals surface area contributed by atoms with E-state index in [-0.39, 0.29) is 0 Å². The molecule has 0 aromatic rings. The van der Waals surface area contributed by atoms with Gasteiger partial charge in [0.1, 0.15) is 0 Å². The Hall–Kier alpha value is -0.260. The minimum Gasteiger partial charge on any atom is -0.0911 e. The van der Waals surface area contributed by atoms with Crippen molar-refractivity contribution in [3.63, 3.8) is 0 Å². The van der Waals surface area contributed by atoms with E-state index in [0.29, 0.717) is 5.41 Å². The molecule has 0 aromatic carbocycles. The van der Waals surface area contributed by atoms with E-state index in [0.717, 1.165) is 23.7 Å². The standard InChI is InChI=1S/C13H20/c1-3-5-13-6-4-10-7-11(12(10)13)9(2)8-13/h3,5,9-12H,4,6-8H2,1-2H3. The predicted molar refractivity (Wildman–Crippen MR) is 55.3 cm³/mol. The molecule has 0 aromatic heterocycles. The Labute approximate surface area is 81.4 Å². The smallest absolute Gasteiger partial charge is 0.00820 e. The largest absolute Gasteiger partial charge is 0.0911 e. The van der Waals surface area contributed by atoms with Crippen molar-refractivity contribution in [2.24, 2.45) is 29.1 Å². The van der Waals surface area contributed by atoms with Gasteiger partial charge in [0.2, 0.25) is 0 Å². The topological polar surface area (TPSA) is 0 Å². The predicted octanol–water partition coefficient (Wildman–Crippen LogP) is 3.63. The summed E-state index contributed by atoms with van der Waals surface area (Å²) in [5.41, 5.74) is 0.668. The van der Waals surface area contributed by atoms with Gasteiger partial charge in [-0.25, -0.2) is 0 Å². The van der Waals surface area contributed by atoms with Gasteiger partial charge < -0.3 is 0 Å². The molecular weight excluding hydrogens is 156 g/mol. The lowest BCUT2D eigenvalue weighted by atomic mass is 9.62. The summed E-state index contributed by atoms with van der Waals surface area (Å²) in [6.07, 6.45) is 10.9. The molecule has 0 N–H and O–H groups in total. The second-order valence-electron chi connectivity index (χ2n) is 5.64. The van der Waals surface area contributed by atoms with Crippen LogP contribution in [0.5, 0.6) is 0 Å². The third kappa shape index (κ3) is 0.825. The first kappa shape index (κ1) is 8.08. The minimum atomic E-state index is 0.668. The fourth-order valence-electron chi connectivity index (χ4n) is 4.78. The van der Waals surface area contributed by atoms with E-state index >= 15 is 0 Å². The molecule has 0 nitrogen and oxygen atoms in total. The van der Waals surface area contributed by atoms with E-state index in [2.05, 4.69) is 26.0 Å². The average Bonchev–Trinajstić information content (AvgIpc) is 2.32. The van der Waals surface area contributed by atoms with Crippen LogP contribution in [0.4, 0.5) is 0 Å². The van der Waals surface area contributed by atoms with E-state index in [9.17, 15) is 0 Å². The zero-order valence-electron chi connectivity index (χ0n) is 8.79. The highest BCUT2D eigenvalue weighted by atomic mass is 14.7. The summed E-state index contributed by atoms with van der Waals surface area (Å²) in [6, 6.07) is 0. The molecule has 0 aliphatic heterocycles. The van der Waals surface area contributed by atoms with Crippen LogP contribution in [0, 0.1) is 29.1 Å². The van der Waals surface area contributed by atoms with Crippen LogP contribution < -0.4 is 0 Å². The van der Waals surface area contributed by atoms with Gasteiger partial charge in [-0.15, -0.1) is 0 Å². The number of hydrogen-bond acceptors (Lipinski definition) is 0. The van der Waals surface area contributed by atoms with Gasteiger partial charge in [0.05, 0.1) is 0 Å². The maximum absolute atomic E-state index is 2.55. The van der Waals surface area contributed by atoms with E-state index in [1.54, 1.807) is 6.42 Å². The van der Waals surface area contributed by atoms with E-state index in [1.165, 1.54) is 19.3 Å². The zero-order chi connectivity index (χ0) is 9.05. The van der Waals surface area contributed by atoms with E-state index < -0.39 is 0 Å². The van der Waals surface area contributed by atoms with Crippen LogP contribution in [-0.2, 0) is 0 Å². The van der Waals surface area contributed by atoms with Gasteiger partial charge >= 0.3 is 0 Å². The first-order valence-corrected chi connectivity index (χ1v) is 5.91. The SMILES string of the molecule is CC=CC12CCC3CC(C(C)C1)C32. The second kappa shape index (κ2) is 2.40. The van der Waals surface area contributed by atoms with Crippen molar-refractivity contribution >= 4 is 0 Å². The van der Waals surface area contributed by atoms with Crippen molar-refractivity contribution < 1.29 is 0 Å². The highest BCUT2D eigenvalue weighted by Crippen LogP contribution is 2.70. The maximum atomic E-state index is 2.55. The third-order valence-electron chi connectivity index (χ3n) is 5.12. The van der Waals surface area contributed by atoms with Gasteiger partial charge in [0, 0.05) is 0 Å². The fraction of sp³-hybridized carbons (Fsp3) is 0.846. The Morgan fingerprint density at radius 1 is 1.38 bits per heavy atom. The minimum absolute atomic E-state index is 0.668. The van der Waals surface area contributed by atoms with Crippen molar-refractivity contribution in [1.29, 1.82) is 0 Å². The molecule has 13 heavy (non-hydrogen) atoms. The van der Waals surface area contributed by atoms with Crippen LogP contribution in [0.15, 0.2) is 12.2 Å². The Kier molecular flexibility index (Phi) is 1.49. The third-order valence-corrected chi connectivity index (χ3v) is 5.12. The number of allylic oxidation sites excluding steroid dienone is 2. The van der Waals surface area contributed by atoms with Crippen molar-refractivity contribution in [2.75, 3.05) is 0 Å². The molecule has 0 spiro atoms. The monoisotopic (exact) mass is 176 g/mol. The molecule has 0 bridgehead atoms. The molecule has 3 aliphatic rings. The van der Waals surface area contributed by atoms with Crippen molar-refractivity contribution in [3.05, 3.63) is 12.2 Å². The molecule has 5 atom stereocenters. The summed E-state index contributed by atoms with van der Waals surface area (Å²) in [5, 5.41) is 0. The summed E-state index contributed by atoms with van der Waals surface area (Å²) < 4.78 is 0. The molecule has 0 heterocycles. The lowest BCUT2D eigenvalue weighted by molar-refractivity contribution is 0.0742. The highest BCUT2D eigenvalue weighted by molar-refractivity contribution is 5.19. The van der Waals surface area contributed by atoms with Crippen LogP contribution in [0.1, 0.15) is 39.5 Å². The molecule has 0 saturated heterocycles. The Morgan fingerprint density at radius 2 is 2.23 bits per heavy atom. The first-order chi connectivity index (χ1) is 6.27. The number of hydrogen-bond donors (Lipinski definition) is 0. The maximum Gasteiger partial charge on any atom is -0.00820 e. The Balaban J connectivity index is 1.96. The molecular formula is C13H20. The van der Waals surface area contributed by atoms with Crippen molar-refractivity contribution in [3.8, 4) is 0 Å². The molecule has 0 radical (unpaired) electrons. The van der Waals surface area contributed by atoms with Crippen LogP contribution in [0.25, 0.3) is 0 Å². The van der Waals surface area contributed by atoms with Gasteiger partial charge in [-0.05, 0) is 61.7 Å². The molecule has 3 aliphatic carbocycles. The van der Waals surface area contributed by atoms with Gasteiger partial charge in [-0.1, -0.05) is 19.1 Å². The molecule has 3 rings (SSSR count). The van der Waals surface area contributed by atoms with Crippen molar-refractivity contribution in [2.45, 2.75) is 39.5 Å². The zero-order valence-corrected chi connectivity index (χ0v) is 8.79. The molecule has 0 heteroatoms. The van der Waals surface area contributed by atoms with E-state index in [4.69, 9.17) is 0 Å². The Morgan fingerprint density at radius 3 is 3.00 bits per heavy atom. The normalized spacial score (nSPS) is 58.3. The molecule has 72 valence electrons. The van der Waals surface area contributed by atoms with Gasteiger partial charge in [-0.2, -0.15) is 0 Å². The lowest BCUT2D eigenvalue weighted by Gasteiger charge is -2.42. The quantitative estimate of drug-likeness (QED) is 0.535. The summed E-state index contributed by atoms with van der Waals surface area (Å²) in [7, 11) is 0. The fourth-order valence-corrected chi connectivity index (χ4v) is 4.78. The first-order valence-electron chi connectivity index (χ1n) is 5.91.